The number of thioether (sulfide) groups is 1. The lowest BCUT2D eigenvalue weighted by atomic mass is 9.85. The molecule has 0 unspecified atom stereocenters. The minimum Gasteiger partial charge on any atom is -0.309 e. The molecule has 0 saturated heterocycles. The van der Waals surface area contributed by atoms with E-state index < -0.39 is 0 Å². The van der Waals surface area contributed by atoms with Gasteiger partial charge in [-0.1, -0.05) is 43.5 Å². The van der Waals surface area contributed by atoms with Gasteiger partial charge in [0.15, 0.2) is 0 Å². The van der Waals surface area contributed by atoms with Gasteiger partial charge in [0.2, 0.25) is 0 Å². The third-order valence-corrected chi connectivity index (χ3v) is 4.74. The predicted octanol–water partition coefficient (Wildman–Crippen LogP) is 5.00. The summed E-state index contributed by atoms with van der Waals surface area (Å²) in [6.45, 7) is 13.6. The molecule has 0 N–H and O–H groups in total. The Hall–Kier alpha value is -0.730. The van der Waals surface area contributed by atoms with E-state index in [9.17, 15) is 0 Å². The van der Waals surface area contributed by atoms with Crippen LogP contribution in [0.2, 0.25) is 0 Å². The molecular formula is C17H27NS. The summed E-state index contributed by atoms with van der Waals surface area (Å²) in [5.74, 6) is 0.499. The van der Waals surface area contributed by atoms with E-state index in [-0.39, 0.29) is 0 Å². The second kappa shape index (κ2) is 7.76. The van der Waals surface area contributed by atoms with Crippen molar-refractivity contribution in [3.05, 3.63) is 46.3 Å². The van der Waals surface area contributed by atoms with E-state index in [1.54, 1.807) is 0 Å². The fourth-order valence-corrected chi connectivity index (χ4v) is 3.81. The van der Waals surface area contributed by atoms with E-state index in [0.717, 1.165) is 0 Å². The number of rotatable bonds is 7. The van der Waals surface area contributed by atoms with E-state index in [2.05, 4.69) is 46.0 Å². The molecule has 1 aliphatic heterocycles. The summed E-state index contributed by atoms with van der Waals surface area (Å²) in [6.07, 6.45) is 7.78. The highest BCUT2D eigenvalue weighted by Crippen LogP contribution is 2.44. The Morgan fingerprint density at radius 1 is 1.05 bits per heavy atom. The van der Waals surface area contributed by atoms with E-state index in [0.29, 0.717) is 5.92 Å². The minimum absolute atomic E-state index is 0.499. The Morgan fingerprint density at radius 2 is 1.58 bits per heavy atom. The van der Waals surface area contributed by atoms with Crippen LogP contribution in [0.4, 0.5) is 0 Å². The Labute approximate surface area is 123 Å². The molecule has 0 amide bonds. The molecular weight excluding hydrogens is 250 g/mol. The highest BCUT2D eigenvalue weighted by molar-refractivity contribution is 8.06. The lowest BCUT2D eigenvalue weighted by Gasteiger charge is -2.28. The van der Waals surface area contributed by atoms with Crippen LogP contribution in [-0.4, -0.2) is 25.5 Å². The van der Waals surface area contributed by atoms with Gasteiger partial charge in [-0.15, -0.1) is 0 Å². The summed E-state index contributed by atoms with van der Waals surface area (Å²) in [5, 5.41) is 0. The van der Waals surface area contributed by atoms with Gasteiger partial charge in [-0.05, 0) is 68.3 Å². The molecule has 0 fully saturated rings. The van der Waals surface area contributed by atoms with Gasteiger partial charge in [-0.25, -0.2) is 0 Å². The molecule has 0 spiro atoms. The molecule has 0 radical (unpaired) electrons. The summed E-state index contributed by atoms with van der Waals surface area (Å²) in [4.78, 5) is 5.05. The fraction of sp³-hybridized carbons (Fsp3) is 0.529. The summed E-state index contributed by atoms with van der Waals surface area (Å²) in [5.41, 5.74) is 2.80. The summed E-state index contributed by atoms with van der Waals surface area (Å²) < 4.78 is 0. The molecule has 0 saturated carbocycles. The molecule has 1 rings (SSSR count). The van der Waals surface area contributed by atoms with Crippen LogP contribution in [0.5, 0.6) is 0 Å². The Morgan fingerprint density at radius 3 is 2.00 bits per heavy atom. The van der Waals surface area contributed by atoms with Gasteiger partial charge in [-0.2, -0.15) is 0 Å². The smallest absolute Gasteiger partial charge is 0.0105 e. The van der Waals surface area contributed by atoms with Crippen LogP contribution < -0.4 is 0 Å². The van der Waals surface area contributed by atoms with Crippen molar-refractivity contribution in [3.8, 4) is 0 Å². The van der Waals surface area contributed by atoms with Crippen LogP contribution in [0.1, 0.15) is 33.1 Å². The largest absolute Gasteiger partial charge is 0.309 e. The molecule has 0 atom stereocenters. The van der Waals surface area contributed by atoms with Gasteiger partial charge in [-0.3, -0.25) is 0 Å². The van der Waals surface area contributed by atoms with Crippen LogP contribution in [-0.2, 0) is 0 Å². The first-order valence-corrected chi connectivity index (χ1v) is 7.81. The molecule has 19 heavy (non-hydrogen) atoms. The third kappa shape index (κ3) is 4.39. The first-order chi connectivity index (χ1) is 9.01. The minimum atomic E-state index is 0.499. The second-order valence-corrected chi connectivity index (χ2v) is 6.81. The molecule has 0 aliphatic carbocycles. The zero-order chi connectivity index (χ0) is 14.4. The van der Waals surface area contributed by atoms with Crippen LogP contribution in [0.15, 0.2) is 46.3 Å². The van der Waals surface area contributed by atoms with Gasteiger partial charge < -0.3 is 4.90 Å². The Kier molecular flexibility index (Phi) is 6.67. The van der Waals surface area contributed by atoms with E-state index in [1.807, 2.05) is 23.9 Å². The summed E-state index contributed by atoms with van der Waals surface area (Å²) in [7, 11) is 4.27. The number of unbranched alkanes of at least 4 members (excludes halogenated alkanes) is 1. The van der Waals surface area contributed by atoms with Crippen molar-refractivity contribution in [2.45, 2.75) is 33.1 Å². The number of allylic oxidation sites excluding steroid dienone is 6. The SMILES string of the molecule is C=CC1=C(C)SC(C)=C(C=C)C1CCCCN(C)C. The first kappa shape index (κ1) is 16.3. The average molecular weight is 277 g/mol. The van der Waals surface area contributed by atoms with Gasteiger partial charge in [0.25, 0.3) is 0 Å². The molecule has 0 aromatic heterocycles. The topological polar surface area (TPSA) is 3.24 Å². The quantitative estimate of drug-likeness (QED) is 0.602. The van der Waals surface area contributed by atoms with Crippen LogP contribution >= 0.6 is 11.8 Å². The molecule has 2 heteroatoms. The third-order valence-electron chi connectivity index (χ3n) is 3.66. The molecule has 1 nitrogen and oxygen atoms in total. The van der Waals surface area contributed by atoms with Gasteiger partial charge >= 0.3 is 0 Å². The Balaban J connectivity index is 2.76. The maximum Gasteiger partial charge on any atom is 0.0105 e. The van der Waals surface area contributed by atoms with Crippen molar-refractivity contribution in [2.75, 3.05) is 20.6 Å². The van der Waals surface area contributed by atoms with Crippen molar-refractivity contribution in [1.29, 1.82) is 0 Å². The molecule has 1 heterocycles. The van der Waals surface area contributed by atoms with E-state index >= 15 is 0 Å². The van der Waals surface area contributed by atoms with E-state index in [1.165, 1.54) is 46.8 Å². The van der Waals surface area contributed by atoms with Crippen molar-refractivity contribution >= 4 is 11.8 Å². The van der Waals surface area contributed by atoms with Crippen molar-refractivity contribution in [1.82, 2.24) is 4.90 Å². The monoisotopic (exact) mass is 277 g/mol. The predicted molar refractivity (Wildman–Crippen MR) is 89.3 cm³/mol. The second-order valence-electron chi connectivity index (χ2n) is 5.39. The highest BCUT2D eigenvalue weighted by Gasteiger charge is 2.23. The van der Waals surface area contributed by atoms with Gasteiger partial charge in [0.1, 0.15) is 0 Å². The lowest BCUT2D eigenvalue weighted by molar-refractivity contribution is 0.387. The molecule has 0 aromatic rings. The standard InChI is InChI=1S/C17H27NS/c1-7-15-13(3)19-14(4)16(8-2)17(15)11-9-10-12-18(5)6/h7-8,17H,1-2,9-12H2,3-6H3. The maximum atomic E-state index is 4.00. The Bertz CT molecular complexity index is 371. The van der Waals surface area contributed by atoms with Crippen molar-refractivity contribution in [2.24, 2.45) is 5.92 Å². The number of hydrogen-bond donors (Lipinski definition) is 0. The summed E-state index contributed by atoms with van der Waals surface area (Å²) >= 11 is 1.86. The molecule has 1 aliphatic rings. The first-order valence-electron chi connectivity index (χ1n) is 7.00. The zero-order valence-electron chi connectivity index (χ0n) is 12.8. The number of nitrogens with zero attached hydrogens (tertiary/aromatic N) is 1. The number of hydrogen-bond acceptors (Lipinski definition) is 2. The van der Waals surface area contributed by atoms with Crippen LogP contribution in [0.3, 0.4) is 0 Å². The lowest BCUT2D eigenvalue weighted by Crippen LogP contribution is -2.15. The molecule has 0 bridgehead atoms. The van der Waals surface area contributed by atoms with Crippen molar-refractivity contribution < 1.29 is 0 Å². The molecule has 106 valence electrons. The maximum absolute atomic E-state index is 4.00. The fourth-order valence-electron chi connectivity index (χ4n) is 2.67. The van der Waals surface area contributed by atoms with Crippen molar-refractivity contribution in [3.63, 3.8) is 0 Å². The zero-order valence-corrected chi connectivity index (χ0v) is 13.6. The molecule has 0 aromatic carbocycles. The average Bonchev–Trinajstić information content (AvgIpc) is 2.34. The van der Waals surface area contributed by atoms with Crippen LogP contribution in [0.25, 0.3) is 0 Å². The van der Waals surface area contributed by atoms with Gasteiger partial charge in [0.05, 0.1) is 0 Å². The van der Waals surface area contributed by atoms with Gasteiger partial charge in [0, 0.05) is 5.92 Å². The van der Waals surface area contributed by atoms with E-state index in [4.69, 9.17) is 0 Å². The van der Waals surface area contributed by atoms with Crippen LogP contribution in [0, 0.1) is 5.92 Å². The highest BCUT2D eigenvalue weighted by atomic mass is 32.2. The normalized spacial score (nSPS) is 17.3. The summed E-state index contributed by atoms with van der Waals surface area (Å²) in [6, 6.07) is 0.